The fourth-order valence-electron chi connectivity index (χ4n) is 3.31. The Bertz CT molecular complexity index is 1260. The van der Waals surface area contributed by atoms with Gasteiger partial charge in [-0.25, -0.2) is 9.37 Å². The second kappa shape index (κ2) is 7.18. The van der Waals surface area contributed by atoms with Crippen molar-refractivity contribution in [1.82, 2.24) is 9.38 Å². The molecular weight excluding hydrogens is 400 g/mol. The summed E-state index contributed by atoms with van der Waals surface area (Å²) in [5.41, 5.74) is 5.94. The van der Waals surface area contributed by atoms with Crippen molar-refractivity contribution in [3.63, 3.8) is 0 Å². The number of imidazole rings is 1. The maximum atomic E-state index is 13.5. The van der Waals surface area contributed by atoms with Crippen LogP contribution in [0.25, 0.3) is 16.9 Å². The second-order valence-corrected chi connectivity index (χ2v) is 6.49. The first kappa shape index (κ1) is 19.4. The molecule has 2 aromatic heterocycles. The van der Waals surface area contributed by atoms with Gasteiger partial charge >= 0.3 is 6.18 Å². The summed E-state index contributed by atoms with van der Waals surface area (Å²) in [5.74, 6) is -1.16. The lowest BCUT2D eigenvalue weighted by molar-refractivity contribution is -0.137. The van der Waals surface area contributed by atoms with Crippen LogP contribution in [0.1, 0.15) is 16.7 Å². The number of rotatable bonds is 3. The first-order valence-electron chi connectivity index (χ1n) is 8.72. The Morgan fingerprint density at radius 3 is 2.40 bits per heavy atom. The van der Waals surface area contributed by atoms with E-state index in [0.29, 0.717) is 17.2 Å². The minimum absolute atomic E-state index is 0.0375. The number of fused-ring (bicyclic) bond motifs is 1. The van der Waals surface area contributed by atoms with Gasteiger partial charge in [0.05, 0.1) is 11.3 Å². The number of hydrogen-bond donors (Lipinski definition) is 2. The zero-order valence-electron chi connectivity index (χ0n) is 15.2. The number of hydrogen-bond acceptors (Lipinski definition) is 4. The Morgan fingerprint density at radius 2 is 1.73 bits per heavy atom. The highest BCUT2D eigenvalue weighted by molar-refractivity contribution is 6.12. The molecule has 2 heterocycles. The van der Waals surface area contributed by atoms with Crippen LogP contribution in [0.15, 0.2) is 72.0 Å². The summed E-state index contributed by atoms with van der Waals surface area (Å²) in [4.78, 5) is 4.11. The lowest BCUT2D eigenvalue weighted by atomic mass is 10.0. The molecule has 0 saturated heterocycles. The third-order valence-electron chi connectivity index (χ3n) is 4.61. The van der Waals surface area contributed by atoms with Crippen LogP contribution in [0.3, 0.4) is 0 Å². The first-order chi connectivity index (χ1) is 14.3. The summed E-state index contributed by atoms with van der Waals surface area (Å²) >= 11 is 0. The second-order valence-electron chi connectivity index (χ2n) is 6.49. The normalized spacial score (nSPS) is 12.5. The summed E-state index contributed by atoms with van der Waals surface area (Å²) in [6.07, 6.45) is -3.33. The summed E-state index contributed by atoms with van der Waals surface area (Å²) in [6.45, 7) is 0. The SMILES string of the molecule is Nc1nc2ccc(C(=NO)c3ccccc3)cn2c1-c1ccc(F)cc1C(F)(F)F. The number of oxime groups is 1. The van der Waals surface area contributed by atoms with E-state index in [1.54, 1.807) is 42.5 Å². The van der Waals surface area contributed by atoms with Crippen molar-refractivity contribution >= 4 is 17.2 Å². The molecule has 0 unspecified atom stereocenters. The van der Waals surface area contributed by atoms with E-state index in [4.69, 9.17) is 5.73 Å². The molecule has 0 fully saturated rings. The molecule has 30 heavy (non-hydrogen) atoms. The maximum Gasteiger partial charge on any atom is 0.417 e. The van der Waals surface area contributed by atoms with E-state index >= 15 is 0 Å². The molecule has 0 radical (unpaired) electrons. The molecule has 4 aromatic rings. The molecule has 4 rings (SSSR count). The highest BCUT2D eigenvalue weighted by Crippen LogP contribution is 2.39. The predicted octanol–water partition coefficient (Wildman–Crippen LogP) is 4.97. The van der Waals surface area contributed by atoms with E-state index in [0.717, 1.165) is 12.1 Å². The van der Waals surface area contributed by atoms with Gasteiger partial charge in [-0.15, -0.1) is 0 Å². The molecule has 0 bridgehead atoms. The number of alkyl halides is 3. The Hall–Kier alpha value is -3.88. The molecule has 3 N–H and O–H groups in total. The molecule has 5 nitrogen and oxygen atoms in total. The van der Waals surface area contributed by atoms with Gasteiger partial charge in [-0.05, 0) is 30.3 Å². The Kier molecular flexibility index (Phi) is 4.65. The fourth-order valence-corrected chi connectivity index (χ4v) is 3.31. The van der Waals surface area contributed by atoms with Crippen molar-refractivity contribution in [3.8, 4) is 11.3 Å². The molecular formula is C21H14F4N4O. The van der Waals surface area contributed by atoms with Crippen LogP contribution >= 0.6 is 0 Å². The molecule has 2 aromatic carbocycles. The van der Waals surface area contributed by atoms with Crippen molar-refractivity contribution in [2.75, 3.05) is 5.73 Å². The molecule has 0 atom stereocenters. The van der Waals surface area contributed by atoms with Crippen LogP contribution < -0.4 is 5.73 Å². The smallest absolute Gasteiger partial charge is 0.410 e. The summed E-state index contributed by atoms with van der Waals surface area (Å²) < 4.78 is 55.5. The number of nitrogen functional groups attached to an aromatic ring is 1. The van der Waals surface area contributed by atoms with Gasteiger partial charge in [0, 0.05) is 22.9 Å². The third-order valence-corrected chi connectivity index (χ3v) is 4.61. The van der Waals surface area contributed by atoms with Gasteiger partial charge < -0.3 is 10.9 Å². The van der Waals surface area contributed by atoms with Gasteiger partial charge in [0.1, 0.15) is 17.2 Å². The van der Waals surface area contributed by atoms with Crippen LogP contribution in [-0.2, 0) is 6.18 Å². The molecule has 152 valence electrons. The molecule has 0 aliphatic heterocycles. The topological polar surface area (TPSA) is 75.9 Å². The number of benzene rings is 2. The van der Waals surface area contributed by atoms with E-state index in [9.17, 15) is 22.8 Å². The van der Waals surface area contributed by atoms with Gasteiger partial charge in [-0.2, -0.15) is 13.2 Å². The van der Waals surface area contributed by atoms with E-state index < -0.39 is 17.6 Å². The lowest BCUT2D eigenvalue weighted by Gasteiger charge is -2.14. The summed E-state index contributed by atoms with van der Waals surface area (Å²) in [6, 6.07) is 14.3. The van der Waals surface area contributed by atoms with Crippen molar-refractivity contribution < 1.29 is 22.8 Å². The van der Waals surface area contributed by atoms with E-state index in [1.807, 2.05) is 0 Å². The Balaban J connectivity index is 1.96. The van der Waals surface area contributed by atoms with Crippen molar-refractivity contribution in [1.29, 1.82) is 0 Å². The van der Waals surface area contributed by atoms with Crippen molar-refractivity contribution in [3.05, 3.63) is 89.4 Å². The van der Waals surface area contributed by atoms with Crippen LogP contribution in [0.5, 0.6) is 0 Å². The monoisotopic (exact) mass is 414 g/mol. The van der Waals surface area contributed by atoms with E-state index in [-0.39, 0.29) is 28.4 Å². The number of pyridine rings is 1. The fraction of sp³-hybridized carbons (Fsp3) is 0.0476. The average molecular weight is 414 g/mol. The summed E-state index contributed by atoms with van der Waals surface area (Å²) in [7, 11) is 0. The predicted molar refractivity (Wildman–Crippen MR) is 104 cm³/mol. The quantitative estimate of drug-likeness (QED) is 0.215. The van der Waals surface area contributed by atoms with E-state index in [1.165, 1.54) is 10.6 Å². The van der Waals surface area contributed by atoms with Gasteiger partial charge in [-0.1, -0.05) is 35.5 Å². The van der Waals surface area contributed by atoms with Gasteiger partial charge in [0.25, 0.3) is 0 Å². The first-order valence-corrected chi connectivity index (χ1v) is 8.72. The number of halogens is 4. The minimum atomic E-state index is -4.80. The molecule has 9 heteroatoms. The van der Waals surface area contributed by atoms with Gasteiger partial charge in [0.2, 0.25) is 0 Å². The zero-order chi connectivity index (χ0) is 21.5. The number of aromatic nitrogens is 2. The average Bonchev–Trinajstić information content (AvgIpc) is 3.04. The van der Waals surface area contributed by atoms with Crippen LogP contribution in [-0.4, -0.2) is 20.3 Å². The zero-order valence-corrected chi connectivity index (χ0v) is 15.2. The molecule has 0 spiro atoms. The Labute approximate surface area is 167 Å². The Morgan fingerprint density at radius 1 is 1.00 bits per heavy atom. The van der Waals surface area contributed by atoms with E-state index in [2.05, 4.69) is 10.1 Å². The third kappa shape index (κ3) is 3.34. The number of nitrogens with zero attached hydrogens (tertiary/aromatic N) is 3. The molecule has 0 aliphatic carbocycles. The van der Waals surface area contributed by atoms with Gasteiger partial charge in [-0.3, -0.25) is 4.40 Å². The highest BCUT2D eigenvalue weighted by Gasteiger charge is 2.35. The van der Waals surface area contributed by atoms with Crippen LogP contribution in [0, 0.1) is 5.82 Å². The van der Waals surface area contributed by atoms with Crippen molar-refractivity contribution in [2.45, 2.75) is 6.18 Å². The molecule has 0 saturated carbocycles. The van der Waals surface area contributed by atoms with Crippen molar-refractivity contribution in [2.24, 2.45) is 5.16 Å². The molecule has 0 aliphatic rings. The number of nitrogens with two attached hydrogens (primary N) is 1. The largest absolute Gasteiger partial charge is 0.417 e. The minimum Gasteiger partial charge on any atom is -0.410 e. The maximum absolute atomic E-state index is 13.5. The van der Waals surface area contributed by atoms with Crippen LogP contribution in [0.4, 0.5) is 23.4 Å². The standard InChI is InChI=1S/C21H14F4N4O/c22-14-7-8-15(16(10-14)21(23,24)25)19-20(26)27-17-9-6-13(11-29(17)19)18(28-30)12-4-2-1-3-5-12/h1-11,30H,26H2. The number of anilines is 1. The van der Waals surface area contributed by atoms with Crippen LogP contribution in [0.2, 0.25) is 0 Å². The lowest BCUT2D eigenvalue weighted by Crippen LogP contribution is -2.09. The van der Waals surface area contributed by atoms with Gasteiger partial charge in [0.15, 0.2) is 5.82 Å². The molecule has 0 amide bonds. The summed E-state index contributed by atoms with van der Waals surface area (Å²) in [5, 5.41) is 12.9. The highest BCUT2D eigenvalue weighted by atomic mass is 19.4.